The highest BCUT2D eigenvalue weighted by atomic mass is 19.1. The van der Waals surface area contributed by atoms with Crippen LogP contribution in [0.3, 0.4) is 0 Å². The molecular formula is C21H23FN6O2. The lowest BCUT2D eigenvalue weighted by Gasteiger charge is -2.27. The molecule has 3 heterocycles. The summed E-state index contributed by atoms with van der Waals surface area (Å²) in [4.78, 5) is 31.2. The predicted molar refractivity (Wildman–Crippen MR) is 113 cm³/mol. The Bertz CT molecular complexity index is 954. The van der Waals surface area contributed by atoms with Crippen LogP contribution in [-0.2, 0) is 9.59 Å². The van der Waals surface area contributed by atoms with Crippen molar-refractivity contribution in [1.82, 2.24) is 4.98 Å². The largest absolute Gasteiger partial charge is 0.368 e. The Morgan fingerprint density at radius 1 is 1.07 bits per heavy atom. The average molecular weight is 410 g/mol. The summed E-state index contributed by atoms with van der Waals surface area (Å²) < 4.78 is 13.2. The van der Waals surface area contributed by atoms with Crippen molar-refractivity contribution in [3.05, 3.63) is 48.4 Å². The number of hydrazone groups is 1. The normalized spacial score (nSPS) is 18.8. The minimum Gasteiger partial charge on any atom is -0.368 e. The Morgan fingerprint density at radius 2 is 1.80 bits per heavy atom. The number of benzene rings is 1. The van der Waals surface area contributed by atoms with E-state index in [2.05, 4.69) is 20.3 Å². The average Bonchev–Trinajstić information content (AvgIpc) is 3.21. The van der Waals surface area contributed by atoms with Gasteiger partial charge in [-0.15, -0.1) is 0 Å². The van der Waals surface area contributed by atoms with Crippen LogP contribution in [0.25, 0.3) is 0 Å². The van der Waals surface area contributed by atoms with Crippen molar-refractivity contribution in [1.29, 1.82) is 0 Å². The fraction of sp³-hybridized carbons (Fsp3) is 0.333. The van der Waals surface area contributed by atoms with Crippen molar-refractivity contribution in [2.75, 3.05) is 28.3 Å². The van der Waals surface area contributed by atoms with Crippen LogP contribution in [0.5, 0.6) is 0 Å². The Labute approximate surface area is 173 Å². The van der Waals surface area contributed by atoms with Gasteiger partial charge in [0.15, 0.2) is 0 Å². The highest BCUT2D eigenvalue weighted by Gasteiger charge is 2.35. The number of amides is 2. The zero-order chi connectivity index (χ0) is 21.1. The van der Waals surface area contributed by atoms with Gasteiger partial charge in [0.05, 0.1) is 17.6 Å². The van der Waals surface area contributed by atoms with Crippen molar-refractivity contribution >= 4 is 34.7 Å². The van der Waals surface area contributed by atoms with Gasteiger partial charge in [-0.1, -0.05) is 0 Å². The van der Waals surface area contributed by atoms with Gasteiger partial charge < -0.3 is 16.0 Å². The molecule has 9 heteroatoms. The first-order valence-corrected chi connectivity index (χ1v) is 9.95. The van der Waals surface area contributed by atoms with E-state index in [4.69, 9.17) is 5.73 Å². The molecule has 0 spiro atoms. The number of pyridine rings is 1. The van der Waals surface area contributed by atoms with E-state index in [0.717, 1.165) is 31.7 Å². The van der Waals surface area contributed by atoms with Gasteiger partial charge >= 0.3 is 0 Å². The standard InChI is InChI=1S/C21H23FN6O2/c22-14-4-7-16(8-5-14)28-18(20(23)29)12-17(26-28)21(30)25-15-6-9-19(24-13-15)27-10-2-1-3-11-27/h4-9,13,18H,1-3,10-12H2,(H2,23,29)(H,25,30)/t18-/m1/s1. The molecule has 0 saturated carbocycles. The van der Waals surface area contributed by atoms with Crippen LogP contribution in [-0.4, -0.2) is 41.6 Å². The molecule has 156 valence electrons. The molecule has 30 heavy (non-hydrogen) atoms. The van der Waals surface area contributed by atoms with Crippen molar-refractivity contribution in [2.45, 2.75) is 31.7 Å². The molecule has 0 radical (unpaired) electrons. The molecule has 0 bridgehead atoms. The minimum atomic E-state index is -0.809. The maximum atomic E-state index is 13.2. The summed E-state index contributed by atoms with van der Waals surface area (Å²) in [6.07, 6.45) is 5.24. The molecule has 3 N–H and O–H groups in total. The minimum absolute atomic E-state index is 0.0673. The van der Waals surface area contributed by atoms with Crippen LogP contribution in [0.4, 0.5) is 21.6 Å². The fourth-order valence-electron chi connectivity index (χ4n) is 3.67. The lowest BCUT2D eigenvalue weighted by atomic mass is 10.1. The zero-order valence-electron chi connectivity index (χ0n) is 16.4. The van der Waals surface area contributed by atoms with E-state index in [9.17, 15) is 14.0 Å². The number of carbonyl (C=O) groups excluding carboxylic acids is 2. The van der Waals surface area contributed by atoms with E-state index in [0.29, 0.717) is 11.4 Å². The molecule has 0 unspecified atom stereocenters. The van der Waals surface area contributed by atoms with Crippen LogP contribution < -0.4 is 21.0 Å². The molecular weight excluding hydrogens is 387 g/mol. The number of aromatic nitrogens is 1. The van der Waals surface area contributed by atoms with Crippen LogP contribution in [0.1, 0.15) is 25.7 Å². The van der Waals surface area contributed by atoms with Crippen molar-refractivity contribution in [3.63, 3.8) is 0 Å². The molecule has 2 aliphatic rings. The number of anilines is 3. The molecule has 1 saturated heterocycles. The number of hydrogen-bond acceptors (Lipinski definition) is 6. The lowest BCUT2D eigenvalue weighted by Crippen LogP contribution is -2.39. The summed E-state index contributed by atoms with van der Waals surface area (Å²) in [6.45, 7) is 1.98. The SMILES string of the molecule is NC(=O)[C@H]1CC(C(=O)Nc2ccc(N3CCCCC3)nc2)=NN1c1ccc(F)cc1. The molecule has 2 amide bonds. The topological polar surface area (TPSA) is 104 Å². The second-order valence-corrected chi connectivity index (χ2v) is 7.40. The molecule has 0 aliphatic carbocycles. The molecule has 4 rings (SSSR count). The molecule has 1 aromatic carbocycles. The number of nitrogens with two attached hydrogens (primary N) is 1. The third-order valence-corrected chi connectivity index (χ3v) is 5.28. The number of rotatable bonds is 5. The highest BCUT2D eigenvalue weighted by molar-refractivity contribution is 6.44. The smallest absolute Gasteiger partial charge is 0.272 e. The second-order valence-electron chi connectivity index (χ2n) is 7.40. The summed E-state index contributed by atoms with van der Waals surface area (Å²) in [5.41, 5.74) is 6.68. The van der Waals surface area contributed by atoms with E-state index >= 15 is 0 Å². The Hall–Kier alpha value is -3.49. The predicted octanol–water partition coefficient (Wildman–Crippen LogP) is 2.27. The van der Waals surface area contributed by atoms with Gasteiger partial charge in [0, 0.05) is 19.5 Å². The molecule has 1 fully saturated rings. The maximum Gasteiger partial charge on any atom is 0.272 e. The van der Waals surface area contributed by atoms with Crippen molar-refractivity contribution in [3.8, 4) is 0 Å². The van der Waals surface area contributed by atoms with E-state index in [1.807, 2.05) is 6.07 Å². The number of carbonyl (C=O) groups is 2. The maximum absolute atomic E-state index is 13.2. The fourth-order valence-corrected chi connectivity index (χ4v) is 3.67. The Balaban J connectivity index is 1.46. The number of primary amides is 1. The first-order valence-electron chi connectivity index (χ1n) is 9.95. The van der Waals surface area contributed by atoms with Crippen LogP contribution in [0.15, 0.2) is 47.7 Å². The van der Waals surface area contributed by atoms with Gasteiger partial charge in [-0.05, 0) is 55.7 Å². The van der Waals surface area contributed by atoms with Gasteiger partial charge in [-0.25, -0.2) is 9.37 Å². The molecule has 2 aliphatic heterocycles. The summed E-state index contributed by atoms with van der Waals surface area (Å²) in [7, 11) is 0. The monoisotopic (exact) mass is 410 g/mol. The third kappa shape index (κ3) is 4.24. The van der Waals surface area contributed by atoms with E-state index in [1.165, 1.54) is 35.7 Å². The summed E-state index contributed by atoms with van der Waals surface area (Å²) in [6, 6.07) is 8.36. The summed E-state index contributed by atoms with van der Waals surface area (Å²) in [5.74, 6) is -0.560. The van der Waals surface area contributed by atoms with Crippen molar-refractivity contribution in [2.24, 2.45) is 10.8 Å². The quantitative estimate of drug-likeness (QED) is 0.787. The number of halogens is 1. The van der Waals surface area contributed by atoms with E-state index in [-0.39, 0.29) is 12.1 Å². The molecule has 1 atom stereocenters. The zero-order valence-corrected chi connectivity index (χ0v) is 16.4. The third-order valence-electron chi connectivity index (χ3n) is 5.28. The second kappa shape index (κ2) is 8.48. The van der Waals surface area contributed by atoms with Crippen molar-refractivity contribution < 1.29 is 14.0 Å². The van der Waals surface area contributed by atoms with Crippen LogP contribution >= 0.6 is 0 Å². The van der Waals surface area contributed by atoms with Crippen LogP contribution in [0.2, 0.25) is 0 Å². The Morgan fingerprint density at radius 3 is 2.43 bits per heavy atom. The number of nitrogens with one attached hydrogen (secondary N) is 1. The lowest BCUT2D eigenvalue weighted by molar-refractivity contribution is -0.119. The van der Waals surface area contributed by atoms with Gasteiger partial charge in [0.1, 0.15) is 23.4 Å². The van der Waals surface area contributed by atoms with E-state index in [1.54, 1.807) is 12.3 Å². The van der Waals surface area contributed by atoms with Gasteiger partial charge in [0.2, 0.25) is 5.91 Å². The highest BCUT2D eigenvalue weighted by Crippen LogP contribution is 2.25. The molecule has 2 aromatic rings. The van der Waals surface area contributed by atoms with E-state index < -0.39 is 23.7 Å². The first kappa shape index (κ1) is 19.8. The molecule has 1 aromatic heterocycles. The Kier molecular flexibility index (Phi) is 5.60. The van der Waals surface area contributed by atoms with Gasteiger partial charge in [0.25, 0.3) is 5.91 Å². The summed E-state index contributed by atoms with van der Waals surface area (Å²) >= 11 is 0. The van der Waals surface area contributed by atoms with Crippen LogP contribution in [0, 0.1) is 5.82 Å². The summed E-state index contributed by atoms with van der Waals surface area (Å²) in [5, 5.41) is 8.38. The number of piperidine rings is 1. The number of hydrogen-bond donors (Lipinski definition) is 2. The van der Waals surface area contributed by atoms with Gasteiger partial charge in [-0.3, -0.25) is 14.6 Å². The number of nitrogens with zero attached hydrogens (tertiary/aromatic N) is 4. The van der Waals surface area contributed by atoms with Gasteiger partial charge in [-0.2, -0.15) is 5.10 Å². The first-order chi connectivity index (χ1) is 14.5. The molecule has 8 nitrogen and oxygen atoms in total.